The predicted octanol–water partition coefficient (Wildman–Crippen LogP) is 3.59. The quantitative estimate of drug-likeness (QED) is 0.527. The van der Waals surface area contributed by atoms with Gasteiger partial charge in [-0.15, -0.1) is 5.10 Å². The summed E-state index contributed by atoms with van der Waals surface area (Å²) in [5, 5.41) is 17.2. The van der Waals surface area contributed by atoms with Crippen LogP contribution in [0.5, 0.6) is 0 Å². The topological polar surface area (TPSA) is 84.7 Å². The molecule has 4 aromatic rings. The van der Waals surface area contributed by atoms with Gasteiger partial charge in [-0.2, -0.15) is 0 Å². The van der Waals surface area contributed by atoms with E-state index in [0.29, 0.717) is 5.69 Å². The van der Waals surface area contributed by atoms with Gasteiger partial charge in [0.1, 0.15) is 18.2 Å². The van der Waals surface area contributed by atoms with E-state index in [9.17, 15) is 9.18 Å². The first-order valence-electron chi connectivity index (χ1n) is 8.90. The largest absolute Gasteiger partial charge is 0.370 e. The summed E-state index contributed by atoms with van der Waals surface area (Å²) >= 11 is 0. The predicted molar refractivity (Wildman–Crippen MR) is 107 cm³/mol. The summed E-state index contributed by atoms with van der Waals surface area (Å²) in [6, 6.07) is 21.8. The standard InChI is InChI=1S/C21H17FN6O/c22-16-6-8-18(9-7-16)25-21(29)20(15-4-2-1-3-5-15)24-17-10-12-19(13-11-17)28-14-23-26-27-28/h1-14,20,24H,(H,25,29). The summed E-state index contributed by atoms with van der Waals surface area (Å²) in [6.45, 7) is 0. The maximum absolute atomic E-state index is 13.1. The third-order valence-electron chi connectivity index (χ3n) is 4.30. The Balaban J connectivity index is 1.56. The molecule has 29 heavy (non-hydrogen) atoms. The maximum atomic E-state index is 13.1. The van der Waals surface area contributed by atoms with Crippen LogP contribution in [-0.4, -0.2) is 26.1 Å². The smallest absolute Gasteiger partial charge is 0.251 e. The van der Waals surface area contributed by atoms with Crippen LogP contribution in [0.15, 0.2) is 85.2 Å². The van der Waals surface area contributed by atoms with Crippen molar-refractivity contribution in [1.29, 1.82) is 0 Å². The Hall–Kier alpha value is -4.07. The number of nitrogens with zero attached hydrogens (tertiary/aromatic N) is 4. The molecule has 4 rings (SSSR count). The van der Waals surface area contributed by atoms with Crippen molar-refractivity contribution in [2.24, 2.45) is 0 Å². The molecule has 7 nitrogen and oxygen atoms in total. The SMILES string of the molecule is O=C(Nc1ccc(F)cc1)C(Nc1ccc(-n2cnnn2)cc1)c1ccccc1. The molecule has 0 aliphatic rings. The Bertz CT molecular complexity index is 1070. The molecule has 1 aromatic heterocycles. The van der Waals surface area contributed by atoms with Gasteiger partial charge >= 0.3 is 0 Å². The van der Waals surface area contributed by atoms with Gasteiger partial charge in [-0.1, -0.05) is 30.3 Å². The molecule has 2 N–H and O–H groups in total. The van der Waals surface area contributed by atoms with Crippen molar-refractivity contribution >= 4 is 17.3 Å². The van der Waals surface area contributed by atoms with E-state index in [1.54, 1.807) is 4.68 Å². The molecule has 0 aliphatic heterocycles. The van der Waals surface area contributed by atoms with Gasteiger partial charge < -0.3 is 10.6 Å². The van der Waals surface area contributed by atoms with Gasteiger partial charge in [0.2, 0.25) is 0 Å². The Kier molecular flexibility index (Phi) is 5.24. The van der Waals surface area contributed by atoms with Gasteiger partial charge in [0, 0.05) is 11.4 Å². The number of carbonyl (C=O) groups excluding carboxylic acids is 1. The molecule has 8 heteroatoms. The van der Waals surface area contributed by atoms with Crippen LogP contribution in [0.2, 0.25) is 0 Å². The van der Waals surface area contributed by atoms with E-state index in [-0.39, 0.29) is 11.7 Å². The number of nitrogens with one attached hydrogen (secondary N) is 2. The van der Waals surface area contributed by atoms with Crippen LogP contribution in [0, 0.1) is 5.82 Å². The van der Waals surface area contributed by atoms with E-state index in [2.05, 4.69) is 26.2 Å². The lowest BCUT2D eigenvalue weighted by atomic mass is 10.1. The number of rotatable bonds is 6. The maximum Gasteiger partial charge on any atom is 0.251 e. The van der Waals surface area contributed by atoms with Crippen molar-refractivity contribution in [2.45, 2.75) is 6.04 Å². The fraction of sp³-hybridized carbons (Fsp3) is 0.0476. The van der Waals surface area contributed by atoms with Crippen molar-refractivity contribution in [3.63, 3.8) is 0 Å². The van der Waals surface area contributed by atoms with Crippen LogP contribution in [0.3, 0.4) is 0 Å². The van der Waals surface area contributed by atoms with Gasteiger partial charge in [-0.25, -0.2) is 9.07 Å². The molecule has 1 unspecified atom stereocenters. The molecular weight excluding hydrogens is 371 g/mol. The second-order valence-corrected chi connectivity index (χ2v) is 6.29. The highest BCUT2D eigenvalue weighted by molar-refractivity contribution is 5.97. The molecule has 0 radical (unpaired) electrons. The highest BCUT2D eigenvalue weighted by Crippen LogP contribution is 2.23. The highest BCUT2D eigenvalue weighted by atomic mass is 19.1. The number of tetrazole rings is 1. The molecule has 0 aliphatic carbocycles. The van der Waals surface area contributed by atoms with E-state index in [0.717, 1.165) is 16.9 Å². The van der Waals surface area contributed by atoms with Crippen LogP contribution in [0.4, 0.5) is 15.8 Å². The molecule has 0 bridgehead atoms. The molecule has 3 aromatic carbocycles. The zero-order chi connectivity index (χ0) is 20.1. The second-order valence-electron chi connectivity index (χ2n) is 6.29. The molecular formula is C21H17FN6O. The van der Waals surface area contributed by atoms with Crippen molar-refractivity contribution in [3.05, 3.63) is 96.6 Å². The van der Waals surface area contributed by atoms with E-state index < -0.39 is 6.04 Å². The fourth-order valence-corrected chi connectivity index (χ4v) is 2.85. The van der Waals surface area contributed by atoms with Crippen LogP contribution in [0.25, 0.3) is 5.69 Å². The van der Waals surface area contributed by atoms with Gasteiger partial charge in [0.05, 0.1) is 5.69 Å². The zero-order valence-electron chi connectivity index (χ0n) is 15.2. The van der Waals surface area contributed by atoms with Gasteiger partial charge in [-0.3, -0.25) is 4.79 Å². The first-order chi connectivity index (χ1) is 14.2. The lowest BCUT2D eigenvalue weighted by Crippen LogP contribution is -2.27. The minimum Gasteiger partial charge on any atom is -0.370 e. The van der Waals surface area contributed by atoms with Crippen LogP contribution in [-0.2, 0) is 4.79 Å². The molecule has 0 saturated carbocycles. The minimum atomic E-state index is -0.639. The number of benzene rings is 3. The summed E-state index contributed by atoms with van der Waals surface area (Å²) in [4.78, 5) is 13.0. The first-order valence-corrected chi connectivity index (χ1v) is 8.90. The molecule has 0 saturated heterocycles. The summed E-state index contributed by atoms with van der Waals surface area (Å²) in [6.07, 6.45) is 1.51. The highest BCUT2D eigenvalue weighted by Gasteiger charge is 2.20. The molecule has 1 amide bonds. The van der Waals surface area contributed by atoms with Crippen LogP contribution >= 0.6 is 0 Å². The van der Waals surface area contributed by atoms with E-state index in [1.807, 2.05) is 54.6 Å². The van der Waals surface area contributed by atoms with Crippen molar-refractivity contribution in [2.75, 3.05) is 10.6 Å². The molecule has 1 atom stereocenters. The molecule has 0 fully saturated rings. The lowest BCUT2D eigenvalue weighted by molar-refractivity contribution is -0.117. The number of hydrogen-bond donors (Lipinski definition) is 2. The number of carbonyl (C=O) groups is 1. The zero-order valence-corrected chi connectivity index (χ0v) is 15.2. The van der Waals surface area contributed by atoms with E-state index in [4.69, 9.17) is 0 Å². The van der Waals surface area contributed by atoms with E-state index in [1.165, 1.54) is 30.6 Å². The Morgan fingerprint density at radius 2 is 1.59 bits per heavy atom. The van der Waals surface area contributed by atoms with Gasteiger partial charge in [0.15, 0.2) is 0 Å². The van der Waals surface area contributed by atoms with Crippen molar-refractivity contribution in [3.8, 4) is 5.69 Å². The number of hydrogen-bond acceptors (Lipinski definition) is 5. The first kappa shape index (κ1) is 18.3. The van der Waals surface area contributed by atoms with Gasteiger partial charge in [-0.05, 0) is 64.5 Å². The average molecular weight is 388 g/mol. The monoisotopic (exact) mass is 388 g/mol. The number of anilines is 2. The van der Waals surface area contributed by atoms with Crippen molar-refractivity contribution < 1.29 is 9.18 Å². The van der Waals surface area contributed by atoms with Crippen LogP contribution in [0.1, 0.15) is 11.6 Å². The number of halogens is 1. The summed E-state index contributed by atoms with van der Waals surface area (Å²) < 4.78 is 14.7. The summed E-state index contributed by atoms with van der Waals surface area (Å²) in [7, 11) is 0. The Morgan fingerprint density at radius 3 is 2.24 bits per heavy atom. The van der Waals surface area contributed by atoms with Crippen LogP contribution < -0.4 is 10.6 Å². The summed E-state index contributed by atoms with van der Waals surface area (Å²) in [5.74, 6) is -0.615. The third-order valence-corrected chi connectivity index (χ3v) is 4.30. The Morgan fingerprint density at radius 1 is 0.897 bits per heavy atom. The van der Waals surface area contributed by atoms with E-state index >= 15 is 0 Å². The second kappa shape index (κ2) is 8.30. The minimum absolute atomic E-state index is 0.257. The fourth-order valence-electron chi connectivity index (χ4n) is 2.85. The summed E-state index contributed by atoms with van der Waals surface area (Å²) in [5.41, 5.74) is 2.88. The Labute approximate surface area is 166 Å². The number of aromatic nitrogens is 4. The molecule has 144 valence electrons. The number of amides is 1. The van der Waals surface area contributed by atoms with Crippen molar-refractivity contribution in [1.82, 2.24) is 20.2 Å². The average Bonchev–Trinajstić information content (AvgIpc) is 3.29. The normalized spacial score (nSPS) is 11.6. The third kappa shape index (κ3) is 4.44. The molecule has 1 heterocycles. The van der Waals surface area contributed by atoms with Gasteiger partial charge in [0.25, 0.3) is 5.91 Å². The lowest BCUT2D eigenvalue weighted by Gasteiger charge is -2.20. The molecule has 0 spiro atoms.